The molecule has 0 unspecified atom stereocenters. The molecule has 2 aromatic carbocycles. The van der Waals surface area contributed by atoms with Gasteiger partial charge in [-0.05, 0) is 56.4 Å². The van der Waals surface area contributed by atoms with Gasteiger partial charge in [0, 0.05) is 23.7 Å². The molecule has 4 atom stereocenters. The summed E-state index contributed by atoms with van der Waals surface area (Å²) < 4.78 is 25.4. The van der Waals surface area contributed by atoms with E-state index in [1.165, 1.54) is 12.1 Å². The molecule has 1 fully saturated rings. The van der Waals surface area contributed by atoms with Crippen LogP contribution in [0.25, 0.3) is 0 Å². The van der Waals surface area contributed by atoms with Gasteiger partial charge in [-0.2, -0.15) is 0 Å². The largest absolute Gasteiger partial charge is 0.487 e. The molecule has 0 spiro atoms. The lowest BCUT2D eigenvalue weighted by Gasteiger charge is -2.37. The predicted molar refractivity (Wildman–Crippen MR) is 124 cm³/mol. The number of carbonyl (C=O) groups excluding carboxylic acids is 2. The second kappa shape index (κ2) is 10.5. The third-order valence-electron chi connectivity index (χ3n) is 6.03. The number of carbonyl (C=O) groups is 2. The van der Waals surface area contributed by atoms with Crippen molar-refractivity contribution < 1.29 is 28.6 Å². The van der Waals surface area contributed by atoms with Crippen molar-refractivity contribution in [2.45, 2.75) is 43.6 Å². The zero-order valence-electron chi connectivity index (χ0n) is 19.3. The van der Waals surface area contributed by atoms with Crippen LogP contribution in [0, 0.1) is 5.82 Å². The van der Waals surface area contributed by atoms with E-state index in [1.54, 1.807) is 23.1 Å². The minimum absolute atomic E-state index is 0.0763. The van der Waals surface area contributed by atoms with Crippen LogP contribution in [0.15, 0.2) is 42.5 Å². The minimum atomic E-state index is -0.570. The molecule has 2 aliphatic heterocycles. The molecule has 0 aliphatic carbocycles. The maximum atomic E-state index is 13.4. The number of rotatable bonds is 8. The van der Waals surface area contributed by atoms with E-state index in [9.17, 15) is 19.1 Å². The van der Waals surface area contributed by atoms with Crippen LogP contribution in [-0.2, 0) is 20.9 Å². The number of halogens is 1. The van der Waals surface area contributed by atoms with E-state index in [-0.39, 0.29) is 55.8 Å². The van der Waals surface area contributed by atoms with Gasteiger partial charge in [0.05, 0.1) is 25.7 Å². The van der Waals surface area contributed by atoms with Crippen LogP contribution in [0.3, 0.4) is 0 Å². The SMILES string of the molecule is CN(C)CC(=O)Nc1ccc2c(c1)[C@@H]1C[C@@H](CC(=O)NCc3cccc(F)c3)O[C@H](CO)[C@@H]1O2. The standard InChI is InChI=1S/C25H30FN3O5/c1-29(2)13-24(32)28-17-6-7-21-19(9-17)20-10-18(33-22(14-30)25(20)34-21)11-23(31)27-12-15-4-3-5-16(26)8-15/h3-9,18,20,22,25,30H,10-14H2,1-2H3,(H,27,31)(H,28,32)/t18-,20-,22+,25+/m0/s1. The van der Waals surface area contributed by atoms with Gasteiger partial charge >= 0.3 is 0 Å². The van der Waals surface area contributed by atoms with E-state index in [4.69, 9.17) is 9.47 Å². The third-order valence-corrected chi connectivity index (χ3v) is 6.03. The monoisotopic (exact) mass is 471 g/mol. The summed E-state index contributed by atoms with van der Waals surface area (Å²) in [5.74, 6) is -0.0652. The molecule has 2 amide bonds. The normalized spacial score (nSPS) is 23.1. The number of aliphatic hydroxyl groups excluding tert-OH is 1. The summed E-state index contributed by atoms with van der Waals surface area (Å²) in [6.45, 7) is 0.261. The van der Waals surface area contributed by atoms with Gasteiger partial charge in [-0.1, -0.05) is 12.1 Å². The van der Waals surface area contributed by atoms with Gasteiger partial charge in [-0.15, -0.1) is 0 Å². The Morgan fingerprint density at radius 2 is 2.00 bits per heavy atom. The molecule has 0 aromatic heterocycles. The molecule has 0 saturated carbocycles. The van der Waals surface area contributed by atoms with Crippen molar-refractivity contribution in [3.63, 3.8) is 0 Å². The number of anilines is 1. The number of benzene rings is 2. The Kier molecular flexibility index (Phi) is 7.45. The molecule has 34 heavy (non-hydrogen) atoms. The van der Waals surface area contributed by atoms with Crippen LogP contribution in [-0.4, -0.2) is 67.4 Å². The number of likely N-dealkylation sites (N-methyl/N-ethyl adjacent to an activating group) is 1. The lowest BCUT2D eigenvalue weighted by atomic mass is 9.84. The lowest BCUT2D eigenvalue weighted by Crippen LogP contribution is -2.47. The second-order valence-corrected chi connectivity index (χ2v) is 9.05. The van der Waals surface area contributed by atoms with E-state index >= 15 is 0 Å². The summed E-state index contributed by atoms with van der Waals surface area (Å²) in [4.78, 5) is 26.5. The number of aliphatic hydroxyl groups is 1. The first-order valence-corrected chi connectivity index (χ1v) is 11.3. The molecule has 2 aliphatic rings. The highest BCUT2D eigenvalue weighted by atomic mass is 19.1. The van der Waals surface area contributed by atoms with Crippen molar-refractivity contribution in [2.75, 3.05) is 32.6 Å². The van der Waals surface area contributed by atoms with Crippen LogP contribution in [0.5, 0.6) is 5.75 Å². The predicted octanol–water partition coefficient (Wildman–Crippen LogP) is 2.03. The first kappa shape index (κ1) is 24.1. The summed E-state index contributed by atoms with van der Waals surface area (Å²) in [5.41, 5.74) is 2.28. The Hall–Kier alpha value is -3.01. The molecule has 9 heteroatoms. The van der Waals surface area contributed by atoms with Crippen LogP contribution in [0.1, 0.15) is 29.9 Å². The van der Waals surface area contributed by atoms with Gasteiger partial charge < -0.3 is 30.1 Å². The number of nitrogens with one attached hydrogen (secondary N) is 2. The van der Waals surface area contributed by atoms with Crippen molar-refractivity contribution in [3.05, 3.63) is 59.4 Å². The van der Waals surface area contributed by atoms with Crippen LogP contribution in [0.2, 0.25) is 0 Å². The third kappa shape index (κ3) is 5.72. The Morgan fingerprint density at radius 3 is 2.74 bits per heavy atom. The van der Waals surface area contributed by atoms with Crippen molar-refractivity contribution >= 4 is 17.5 Å². The number of amides is 2. The number of nitrogens with zero attached hydrogens (tertiary/aromatic N) is 1. The fraction of sp³-hybridized carbons (Fsp3) is 0.440. The quantitative estimate of drug-likeness (QED) is 0.545. The maximum absolute atomic E-state index is 13.4. The molecule has 1 saturated heterocycles. The van der Waals surface area contributed by atoms with E-state index in [0.29, 0.717) is 23.4 Å². The molecule has 4 rings (SSSR count). The molecule has 182 valence electrons. The number of hydrogen-bond acceptors (Lipinski definition) is 6. The minimum Gasteiger partial charge on any atom is -0.487 e. The molecular weight excluding hydrogens is 441 g/mol. The first-order chi connectivity index (χ1) is 16.3. The highest BCUT2D eigenvalue weighted by Gasteiger charge is 2.46. The van der Waals surface area contributed by atoms with E-state index in [2.05, 4.69) is 10.6 Å². The fourth-order valence-electron chi connectivity index (χ4n) is 4.58. The Morgan fingerprint density at radius 1 is 1.18 bits per heavy atom. The molecule has 8 nitrogen and oxygen atoms in total. The van der Waals surface area contributed by atoms with E-state index in [1.807, 2.05) is 26.2 Å². The van der Waals surface area contributed by atoms with Crippen molar-refractivity contribution in [3.8, 4) is 5.75 Å². The highest BCUT2D eigenvalue weighted by molar-refractivity contribution is 5.92. The average molecular weight is 472 g/mol. The maximum Gasteiger partial charge on any atom is 0.238 e. The number of fused-ring (bicyclic) bond motifs is 3. The zero-order chi connectivity index (χ0) is 24.2. The van der Waals surface area contributed by atoms with Crippen LogP contribution >= 0.6 is 0 Å². The molecule has 0 bridgehead atoms. The molecule has 3 N–H and O–H groups in total. The first-order valence-electron chi connectivity index (χ1n) is 11.3. The Bertz CT molecular complexity index is 1050. The van der Waals surface area contributed by atoms with Crippen molar-refractivity contribution in [1.82, 2.24) is 10.2 Å². The van der Waals surface area contributed by atoms with Gasteiger partial charge in [-0.25, -0.2) is 4.39 Å². The molecule has 2 heterocycles. The zero-order valence-corrected chi connectivity index (χ0v) is 19.3. The summed E-state index contributed by atoms with van der Waals surface area (Å²) in [6.07, 6.45) is -0.689. The molecule has 0 radical (unpaired) electrons. The molecule has 2 aromatic rings. The van der Waals surface area contributed by atoms with E-state index < -0.39 is 12.2 Å². The van der Waals surface area contributed by atoms with Gasteiger partial charge in [-0.3, -0.25) is 9.59 Å². The summed E-state index contributed by atoms with van der Waals surface area (Å²) in [6, 6.07) is 11.6. The van der Waals surface area contributed by atoms with Crippen LogP contribution in [0.4, 0.5) is 10.1 Å². The average Bonchev–Trinajstić information content (AvgIpc) is 3.14. The summed E-state index contributed by atoms with van der Waals surface area (Å²) in [7, 11) is 3.65. The Balaban J connectivity index is 1.41. The lowest BCUT2D eigenvalue weighted by molar-refractivity contribution is -0.142. The Labute approximate surface area is 198 Å². The van der Waals surface area contributed by atoms with Gasteiger partial charge in [0.15, 0.2) is 0 Å². The van der Waals surface area contributed by atoms with Crippen molar-refractivity contribution in [1.29, 1.82) is 0 Å². The van der Waals surface area contributed by atoms with E-state index in [0.717, 1.165) is 5.56 Å². The number of hydrogen-bond donors (Lipinski definition) is 3. The topological polar surface area (TPSA) is 100 Å². The van der Waals surface area contributed by atoms with Gasteiger partial charge in [0.25, 0.3) is 0 Å². The highest BCUT2D eigenvalue weighted by Crippen LogP contribution is 2.47. The summed E-state index contributed by atoms with van der Waals surface area (Å²) in [5, 5.41) is 15.6. The van der Waals surface area contributed by atoms with Gasteiger partial charge in [0.2, 0.25) is 11.8 Å². The van der Waals surface area contributed by atoms with Crippen LogP contribution < -0.4 is 15.4 Å². The molecular formula is C25H30FN3O5. The van der Waals surface area contributed by atoms with Crippen molar-refractivity contribution in [2.24, 2.45) is 0 Å². The number of ether oxygens (including phenoxy) is 2. The summed E-state index contributed by atoms with van der Waals surface area (Å²) >= 11 is 0. The smallest absolute Gasteiger partial charge is 0.238 e. The van der Waals surface area contributed by atoms with Gasteiger partial charge in [0.1, 0.15) is 23.8 Å². The second-order valence-electron chi connectivity index (χ2n) is 9.05. The fourth-order valence-corrected chi connectivity index (χ4v) is 4.58.